The van der Waals surface area contributed by atoms with E-state index >= 15 is 0 Å². The zero-order valence-corrected chi connectivity index (χ0v) is 20.7. The third-order valence-corrected chi connectivity index (χ3v) is 6.31. The largest absolute Gasteiger partial charge is 0.491 e. The second-order valence-corrected chi connectivity index (χ2v) is 9.54. The Labute approximate surface area is 208 Å². The summed E-state index contributed by atoms with van der Waals surface area (Å²) in [6, 6.07) is 15.7. The Bertz CT molecular complexity index is 1480. The summed E-state index contributed by atoms with van der Waals surface area (Å²) in [6.07, 6.45) is 1.72. The molecule has 2 aromatic heterocycles. The highest BCUT2D eigenvalue weighted by atomic mass is 32.2. The Hall–Kier alpha value is -4.25. The predicted molar refractivity (Wildman–Crippen MR) is 137 cm³/mol. The average Bonchev–Trinajstić information content (AvgIpc) is 2.81. The molecule has 0 bridgehead atoms. The van der Waals surface area contributed by atoms with Gasteiger partial charge in [-0.15, -0.1) is 0 Å². The lowest BCUT2D eigenvalue weighted by atomic mass is 10.3. The van der Waals surface area contributed by atoms with Crippen molar-refractivity contribution in [1.29, 1.82) is 0 Å². The Morgan fingerprint density at radius 1 is 0.861 bits per heavy atom. The molecule has 9 nitrogen and oxygen atoms in total. The second-order valence-electron chi connectivity index (χ2n) is 7.86. The van der Waals surface area contributed by atoms with Crippen LogP contribution < -0.4 is 20.1 Å². The molecule has 4 rings (SSSR count). The molecular weight excluding hydrogens is 483 g/mol. The van der Waals surface area contributed by atoms with Crippen molar-refractivity contribution in [2.45, 2.75) is 25.7 Å². The first kappa shape index (κ1) is 24.9. The van der Waals surface area contributed by atoms with E-state index in [1.54, 1.807) is 50.4 Å². The zero-order chi connectivity index (χ0) is 25.7. The number of aryl methyl sites for hydroxylation is 2. The standard InChI is InChI=1S/C25H25FN6O3S/c1-4-35-22-10-9-20(14-21(22)26)36(33,34)32-19-7-5-18(6-8-19)30-24-15-25(29-17(3)28-24)31-23-13-16(2)11-12-27-23/h5-15,32H,4H2,1-3H3,(H2,27,28,29,30,31). The number of nitrogens with one attached hydrogen (secondary N) is 3. The van der Waals surface area contributed by atoms with Gasteiger partial charge in [-0.2, -0.15) is 0 Å². The predicted octanol–water partition coefficient (Wildman–Crippen LogP) is 5.31. The van der Waals surface area contributed by atoms with E-state index in [2.05, 4.69) is 30.3 Å². The van der Waals surface area contributed by atoms with Crippen molar-refractivity contribution >= 4 is 38.9 Å². The first-order valence-corrected chi connectivity index (χ1v) is 12.6. The van der Waals surface area contributed by atoms with Gasteiger partial charge in [0.05, 0.1) is 11.5 Å². The topological polar surface area (TPSA) is 118 Å². The minimum absolute atomic E-state index is 0.000313. The summed E-state index contributed by atoms with van der Waals surface area (Å²) in [7, 11) is -3.98. The summed E-state index contributed by atoms with van der Waals surface area (Å²) < 4.78 is 47.1. The summed E-state index contributed by atoms with van der Waals surface area (Å²) in [5.41, 5.74) is 2.07. The van der Waals surface area contributed by atoms with Gasteiger partial charge in [0.15, 0.2) is 11.6 Å². The van der Waals surface area contributed by atoms with Gasteiger partial charge >= 0.3 is 0 Å². The van der Waals surface area contributed by atoms with Gasteiger partial charge in [0.1, 0.15) is 23.3 Å². The number of halogens is 1. The van der Waals surface area contributed by atoms with Crippen molar-refractivity contribution in [2.75, 3.05) is 22.0 Å². The van der Waals surface area contributed by atoms with Crippen LogP contribution in [0, 0.1) is 19.7 Å². The summed E-state index contributed by atoms with van der Waals surface area (Å²) in [5, 5.41) is 6.34. The van der Waals surface area contributed by atoms with E-state index in [0.717, 1.165) is 11.6 Å². The molecular formula is C25H25FN6O3S. The Morgan fingerprint density at radius 3 is 2.22 bits per heavy atom. The van der Waals surface area contributed by atoms with Crippen LogP contribution in [0.3, 0.4) is 0 Å². The van der Waals surface area contributed by atoms with Crippen LogP contribution in [0.15, 0.2) is 71.8 Å². The maximum Gasteiger partial charge on any atom is 0.262 e. The molecule has 4 aromatic rings. The van der Waals surface area contributed by atoms with Crippen molar-refractivity contribution in [1.82, 2.24) is 15.0 Å². The highest BCUT2D eigenvalue weighted by Crippen LogP contribution is 2.25. The molecule has 0 aliphatic heterocycles. The zero-order valence-electron chi connectivity index (χ0n) is 19.9. The highest BCUT2D eigenvalue weighted by Gasteiger charge is 2.17. The smallest absolute Gasteiger partial charge is 0.262 e. The van der Waals surface area contributed by atoms with E-state index in [1.807, 2.05) is 19.1 Å². The van der Waals surface area contributed by atoms with E-state index in [0.29, 0.717) is 34.7 Å². The lowest BCUT2D eigenvalue weighted by Gasteiger charge is -2.12. The maximum absolute atomic E-state index is 14.1. The summed E-state index contributed by atoms with van der Waals surface area (Å²) in [5.74, 6) is 1.61. The molecule has 0 unspecified atom stereocenters. The Balaban J connectivity index is 1.45. The van der Waals surface area contributed by atoms with Crippen molar-refractivity contribution in [3.63, 3.8) is 0 Å². The molecule has 11 heteroatoms. The first-order chi connectivity index (χ1) is 17.2. The fourth-order valence-electron chi connectivity index (χ4n) is 3.34. The molecule has 2 aromatic carbocycles. The monoisotopic (exact) mass is 508 g/mol. The van der Waals surface area contributed by atoms with Crippen LogP contribution in [0.4, 0.5) is 33.2 Å². The highest BCUT2D eigenvalue weighted by molar-refractivity contribution is 7.92. The van der Waals surface area contributed by atoms with Gasteiger partial charge in [-0.05, 0) is 80.9 Å². The molecule has 2 heterocycles. The van der Waals surface area contributed by atoms with Crippen molar-refractivity contribution in [3.05, 3.63) is 84.1 Å². The average molecular weight is 509 g/mol. The quantitative estimate of drug-likeness (QED) is 0.278. The van der Waals surface area contributed by atoms with Crippen LogP contribution in [-0.4, -0.2) is 30.0 Å². The second kappa shape index (κ2) is 10.6. The molecule has 0 amide bonds. The Kier molecular flexibility index (Phi) is 7.30. The number of nitrogens with zero attached hydrogens (tertiary/aromatic N) is 3. The van der Waals surface area contributed by atoms with Crippen LogP contribution in [0.1, 0.15) is 18.3 Å². The van der Waals surface area contributed by atoms with E-state index in [-0.39, 0.29) is 17.3 Å². The fourth-order valence-corrected chi connectivity index (χ4v) is 4.41. The van der Waals surface area contributed by atoms with Crippen molar-refractivity contribution in [2.24, 2.45) is 0 Å². The normalized spacial score (nSPS) is 11.1. The van der Waals surface area contributed by atoms with E-state index in [1.165, 1.54) is 12.1 Å². The van der Waals surface area contributed by atoms with Crippen LogP contribution in [0.5, 0.6) is 5.75 Å². The van der Waals surface area contributed by atoms with E-state index < -0.39 is 15.8 Å². The van der Waals surface area contributed by atoms with Gasteiger partial charge in [-0.3, -0.25) is 4.72 Å². The number of benzene rings is 2. The molecule has 0 fully saturated rings. The van der Waals surface area contributed by atoms with Gasteiger partial charge in [-0.25, -0.2) is 27.8 Å². The third kappa shape index (κ3) is 6.25. The number of hydrogen-bond donors (Lipinski definition) is 3. The lowest BCUT2D eigenvalue weighted by Crippen LogP contribution is -2.13. The van der Waals surface area contributed by atoms with Gasteiger partial charge in [0.2, 0.25) is 0 Å². The molecule has 0 spiro atoms. The van der Waals surface area contributed by atoms with Gasteiger partial charge in [0.25, 0.3) is 10.0 Å². The van der Waals surface area contributed by atoms with Crippen molar-refractivity contribution < 1.29 is 17.5 Å². The van der Waals surface area contributed by atoms with Crippen LogP contribution in [0.25, 0.3) is 0 Å². The fraction of sp³-hybridized carbons (Fsp3) is 0.160. The van der Waals surface area contributed by atoms with Gasteiger partial charge < -0.3 is 15.4 Å². The third-order valence-electron chi connectivity index (χ3n) is 4.93. The minimum Gasteiger partial charge on any atom is -0.491 e. The summed E-state index contributed by atoms with van der Waals surface area (Å²) in [6.45, 7) is 5.75. The molecule has 186 valence electrons. The van der Waals surface area contributed by atoms with Crippen LogP contribution in [-0.2, 0) is 10.0 Å². The molecule has 0 saturated heterocycles. The summed E-state index contributed by atoms with van der Waals surface area (Å²) >= 11 is 0. The molecule has 0 aliphatic carbocycles. The van der Waals surface area contributed by atoms with Gasteiger partial charge in [-0.1, -0.05) is 0 Å². The van der Waals surface area contributed by atoms with E-state index in [4.69, 9.17) is 4.74 Å². The first-order valence-electron chi connectivity index (χ1n) is 11.1. The molecule has 0 saturated carbocycles. The minimum atomic E-state index is -3.98. The number of rotatable bonds is 9. The molecule has 0 aliphatic rings. The van der Waals surface area contributed by atoms with Crippen LogP contribution in [0.2, 0.25) is 0 Å². The SMILES string of the molecule is CCOc1ccc(S(=O)(=O)Nc2ccc(Nc3cc(Nc4cc(C)ccn4)nc(C)n3)cc2)cc1F. The number of sulfonamides is 1. The number of pyridine rings is 1. The lowest BCUT2D eigenvalue weighted by molar-refractivity contribution is 0.321. The van der Waals surface area contributed by atoms with Crippen LogP contribution >= 0.6 is 0 Å². The molecule has 0 radical (unpaired) electrons. The number of aromatic nitrogens is 3. The Morgan fingerprint density at radius 2 is 1.56 bits per heavy atom. The maximum atomic E-state index is 14.1. The number of hydrogen-bond acceptors (Lipinski definition) is 8. The van der Waals surface area contributed by atoms with Gasteiger partial charge in [0, 0.05) is 23.6 Å². The number of anilines is 5. The molecule has 0 atom stereocenters. The van der Waals surface area contributed by atoms with E-state index in [9.17, 15) is 12.8 Å². The summed E-state index contributed by atoms with van der Waals surface area (Å²) in [4.78, 5) is 12.9. The molecule has 3 N–H and O–H groups in total. The number of ether oxygens (including phenoxy) is 1. The van der Waals surface area contributed by atoms with Crippen molar-refractivity contribution in [3.8, 4) is 5.75 Å². The molecule has 36 heavy (non-hydrogen) atoms.